The first-order chi connectivity index (χ1) is 16.0. The zero-order valence-corrected chi connectivity index (χ0v) is 21.8. The van der Waals surface area contributed by atoms with E-state index < -0.39 is 17.4 Å². The van der Waals surface area contributed by atoms with E-state index in [1.54, 1.807) is 39.0 Å². The maximum atomic E-state index is 15.0. The molecule has 1 unspecified atom stereocenters. The molecule has 4 rings (SSSR count). The zero-order chi connectivity index (χ0) is 24.6. The molecule has 0 spiro atoms. The van der Waals surface area contributed by atoms with Gasteiger partial charge >= 0.3 is 5.97 Å². The molecule has 0 amide bonds. The van der Waals surface area contributed by atoms with Crippen LogP contribution in [0.2, 0.25) is 10.0 Å². The third-order valence-electron chi connectivity index (χ3n) is 6.42. The molecular weight excluding hydrogens is 474 g/mol. The summed E-state index contributed by atoms with van der Waals surface area (Å²) in [4.78, 5) is 17.4. The first-order valence-corrected chi connectivity index (χ1v) is 12.7. The molecule has 0 radical (unpaired) electrons. The third kappa shape index (κ3) is 6.51. The van der Waals surface area contributed by atoms with Crippen LogP contribution in [-0.4, -0.2) is 47.0 Å². The Morgan fingerprint density at radius 2 is 1.74 bits per heavy atom. The second-order valence-electron chi connectivity index (χ2n) is 10.6. The summed E-state index contributed by atoms with van der Waals surface area (Å²) in [6.45, 7) is 11.7. The molecule has 1 saturated heterocycles. The molecular formula is C27H33Cl2FN2O2. The van der Waals surface area contributed by atoms with Crippen LogP contribution in [0, 0.1) is 5.82 Å². The maximum Gasteiger partial charge on any atom is 0.341 e. The number of carbonyl (C=O) groups excluding carboxylic acids is 1. The lowest BCUT2D eigenvalue weighted by atomic mass is 9.98. The summed E-state index contributed by atoms with van der Waals surface area (Å²) in [6, 6.07) is 9.30. The number of rotatable bonds is 6. The summed E-state index contributed by atoms with van der Waals surface area (Å²) in [6.07, 6.45) is 2.16. The van der Waals surface area contributed by atoms with Crippen molar-refractivity contribution in [3.05, 3.63) is 68.4 Å². The van der Waals surface area contributed by atoms with Gasteiger partial charge in [0.05, 0.1) is 5.56 Å². The van der Waals surface area contributed by atoms with Crippen LogP contribution in [0.3, 0.4) is 0 Å². The summed E-state index contributed by atoms with van der Waals surface area (Å²) in [5.41, 5.74) is 2.56. The predicted molar refractivity (Wildman–Crippen MR) is 135 cm³/mol. The van der Waals surface area contributed by atoms with Gasteiger partial charge in [-0.3, -0.25) is 9.80 Å². The second kappa shape index (κ2) is 10.1. The van der Waals surface area contributed by atoms with E-state index in [4.69, 9.17) is 27.9 Å². The molecule has 184 valence electrons. The largest absolute Gasteiger partial charge is 0.456 e. The number of nitrogens with zero attached hydrogens (tertiary/aromatic N) is 2. The number of ether oxygens (including phenoxy) is 1. The highest BCUT2D eigenvalue weighted by atomic mass is 35.5. The minimum Gasteiger partial charge on any atom is -0.456 e. The van der Waals surface area contributed by atoms with E-state index in [-0.39, 0.29) is 5.56 Å². The lowest BCUT2D eigenvalue weighted by Crippen LogP contribution is -2.51. The standard InChI is InChI=1S/C27H33Cl2FN2O2/c1-17-14-31(7-8-32(17)15-18-9-21(28)12-22(29)10-18)16-20-11-25(30)24(13-23(20)19-5-6-19)26(33)34-27(2,3)4/h9-13,17,19H,5-8,14-16H2,1-4H3. The first kappa shape index (κ1) is 25.4. The van der Waals surface area contributed by atoms with Gasteiger partial charge in [-0.15, -0.1) is 0 Å². The highest BCUT2D eigenvalue weighted by molar-refractivity contribution is 6.34. The monoisotopic (exact) mass is 506 g/mol. The van der Waals surface area contributed by atoms with E-state index in [0.717, 1.165) is 55.7 Å². The molecule has 7 heteroatoms. The molecule has 2 aromatic carbocycles. The van der Waals surface area contributed by atoms with Crippen LogP contribution >= 0.6 is 23.2 Å². The highest BCUT2D eigenvalue weighted by Gasteiger charge is 2.31. The van der Waals surface area contributed by atoms with Crippen molar-refractivity contribution < 1.29 is 13.9 Å². The van der Waals surface area contributed by atoms with E-state index in [0.29, 0.717) is 28.5 Å². The van der Waals surface area contributed by atoms with Crippen molar-refractivity contribution in [1.82, 2.24) is 9.80 Å². The number of piperazine rings is 1. The van der Waals surface area contributed by atoms with Crippen LogP contribution in [-0.2, 0) is 17.8 Å². The summed E-state index contributed by atoms with van der Waals surface area (Å²) < 4.78 is 20.4. The molecule has 1 saturated carbocycles. The average molecular weight is 507 g/mol. The number of hydrogen-bond donors (Lipinski definition) is 0. The number of carbonyl (C=O) groups is 1. The molecule has 2 fully saturated rings. The fourth-order valence-electron chi connectivity index (χ4n) is 4.66. The molecule has 34 heavy (non-hydrogen) atoms. The lowest BCUT2D eigenvalue weighted by Gasteiger charge is -2.40. The van der Waals surface area contributed by atoms with Crippen LogP contribution in [0.5, 0.6) is 0 Å². The molecule has 4 nitrogen and oxygen atoms in total. The van der Waals surface area contributed by atoms with Gasteiger partial charge in [-0.1, -0.05) is 23.2 Å². The van der Waals surface area contributed by atoms with Crippen LogP contribution in [0.1, 0.15) is 73.5 Å². The number of hydrogen-bond acceptors (Lipinski definition) is 4. The van der Waals surface area contributed by atoms with Gasteiger partial charge in [0, 0.05) is 48.8 Å². The summed E-state index contributed by atoms with van der Waals surface area (Å²) in [7, 11) is 0. The second-order valence-corrected chi connectivity index (χ2v) is 11.5. The molecule has 2 aromatic rings. The molecule has 0 bridgehead atoms. The van der Waals surface area contributed by atoms with Crippen molar-refractivity contribution in [2.45, 2.75) is 71.2 Å². The van der Waals surface area contributed by atoms with Gasteiger partial charge in [0.1, 0.15) is 11.4 Å². The Balaban J connectivity index is 1.45. The molecule has 0 N–H and O–H groups in total. The average Bonchev–Trinajstić information content (AvgIpc) is 3.53. The van der Waals surface area contributed by atoms with Crippen molar-refractivity contribution >= 4 is 29.2 Å². The summed E-state index contributed by atoms with van der Waals surface area (Å²) in [5, 5.41) is 1.30. The van der Waals surface area contributed by atoms with E-state index in [2.05, 4.69) is 16.7 Å². The van der Waals surface area contributed by atoms with E-state index >= 15 is 0 Å². The van der Waals surface area contributed by atoms with Gasteiger partial charge in [-0.2, -0.15) is 0 Å². The van der Waals surface area contributed by atoms with Gasteiger partial charge in [-0.25, -0.2) is 9.18 Å². The Hall–Kier alpha value is -1.66. The minimum atomic E-state index is -0.659. The van der Waals surface area contributed by atoms with E-state index in [1.165, 1.54) is 0 Å². The summed E-state index contributed by atoms with van der Waals surface area (Å²) >= 11 is 12.3. The molecule has 2 aliphatic rings. The Labute approximate surface area is 212 Å². The van der Waals surface area contributed by atoms with Crippen LogP contribution in [0.4, 0.5) is 4.39 Å². The molecule has 1 atom stereocenters. The van der Waals surface area contributed by atoms with Crippen molar-refractivity contribution in [3.63, 3.8) is 0 Å². The van der Waals surface area contributed by atoms with Crippen LogP contribution < -0.4 is 0 Å². The Kier molecular flexibility index (Phi) is 7.58. The van der Waals surface area contributed by atoms with Crippen molar-refractivity contribution in [1.29, 1.82) is 0 Å². The normalized spacial score (nSPS) is 19.9. The molecule has 1 heterocycles. The first-order valence-electron chi connectivity index (χ1n) is 12.0. The topological polar surface area (TPSA) is 32.8 Å². The van der Waals surface area contributed by atoms with Gasteiger partial charge in [0.25, 0.3) is 0 Å². The van der Waals surface area contributed by atoms with Crippen LogP contribution in [0.25, 0.3) is 0 Å². The Morgan fingerprint density at radius 1 is 1.06 bits per heavy atom. The smallest absolute Gasteiger partial charge is 0.341 e. The number of benzene rings is 2. The van der Waals surface area contributed by atoms with Gasteiger partial charge in [0.2, 0.25) is 0 Å². The zero-order valence-electron chi connectivity index (χ0n) is 20.3. The van der Waals surface area contributed by atoms with Crippen LogP contribution in [0.15, 0.2) is 30.3 Å². The number of halogens is 3. The van der Waals surface area contributed by atoms with Crippen molar-refractivity contribution in [3.8, 4) is 0 Å². The fourth-order valence-corrected chi connectivity index (χ4v) is 5.23. The Bertz CT molecular complexity index is 1050. The fraction of sp³-hybridized carbons (Fsp3) is 0.519. The minimum absolute atomic E-state index is 0.0407. The SMILES string of the molecule is CC1CN(Cc2cc(F)c(C(=O)OC(C)(C)C)cc2C2CC2)CCN1Cc1cc(Cl)cc(Cl)c1. The van der Waals surface area contributed by atoms with Gasteiger partial charge < -0.3 is 4.74 Å². The quantitative estimate of drug-likeness (QED) is 0.409. The summed E-state index contributed by atoms with van der Waals surface area (Å²) in [5.74, 6) is -0.692. The third-order valence-corrected chi connectivity index (χ3v) is 6.85. The van der Waals surface area contributed by atoms with Crippen molar-refractivity contribution in [2.75, 3.05) is 19.6 Å². The van der Waals surface area contributed by atoms with Gasteiger partial charge in [0.15, 0.2) is 0 Å². The maximum absolute atomic E-state index is 15.0. The number of esters is 1. The Morgan fingerprint density at radius 3 is 2.32 bits per heavy atom. The predicted octanol–water partition coefficient (Wildman–Crippen LogP) is 6.67. The van der Waals surface area contributed by atoms with Gasteiger partial charge in [-0.05, 0) is 93.5 Å². The van der Waals surface area contributed by atoms with Crippen molar-refractivity contribution in [2.24, 2.45) is 0 Å². The van der Waals surface area contributed by atoms with E-state index in [9.17, 15) is 9.18 Å². The molecule has 0 aromatic heterocycles. The molecule has 1 aliphatic heterocycles. The molecule has 1 aliphatic carbocycles. The van der Waals surface area contributed by atoms with E-state index in [1.807, 2.05) is 12.1 Å². The lowest BCUT2D eigenvalue weighted by molar-refractivity contribution is 0.00645. The highest BCUT2D eigenvalue weighted by Crippen LogP contribution is 2.43.